The number of benzene rings is 1. The Kier molecular flexibility index (Phi) is 3.40. The average molecular weight is 244 g/mol. The Balaban J connectivity index is 2.96. The monoisotopic (exact) mass is 243 g/mol. The number of rotatable bonds is 2. The number of nitriles is 1. The number of hydrogen-bond acceptors (Lipinski definition) is 2. The highest BCUT2D eigenvalue weighted by molar-refractivity contribution is 9.10. The van der Waals surface area contributed by atoms with E-state index >= 15 is 0 Å². The van der Waals surface area contributed by atoms with Gasteiger partial charge in [-0.1, -0.05) is 22.0 Å². The highest BCUT2D eigenvalue weighted by Gasteiger charge is 2.10. The molecule has 1 aromatic rings. The summed E-state index contributed by atoms with van der Waals surface area (Å²) in [5.41, 5.74) is 0.531. The molecule has 0 bridgehead atoms. The van der Waals surface area contributed by atoms with Gasteiger partial charge < -0.3 is 5.11 Å². The molecule has 0 aliphatic carbocycles. The van der Waals surface area contributed by atoms with Gasteiger partial charge in [-0.15, -0.1) is 0 Å². The molecule has 2 nitrogen and oxygen atoms in total. The summed E-state index contributed by atoms with van der Waals surface area (Å²) >= 11 is 3.11. The van der Waals surface area contributed by atoms with Crippen molar-refractivity contribution in [2.45, 2.75) is 12.5 Å². The van der Waals surface area contributed by atoms with Crippen LogP contribution in [0.2, 0.25) is 0 Å². The van der Waals surface area contributed by atoms with Gasteiger partial charge in [0.1, 0.15) is 5.82 Å². The summed E-state index contributed by atoms with van der Waals surface area (Å²) in [7, 11) is 0. The molecule has 0 unspecified atom stereocenters. The molecule has 0 saturated heterocycles. The molecular weight excluding hydrogens is 237 g/mol. The van der Waals surface area contributed by atoms with Crippen molar-refractivity contribution in [1.29, 1.82) is 5.26 Å². The van der Waals surface area contributed by atoms with E-state index in [9.17, 15) is 9.50 Å². The first-order chi connectivity index (χ1) is 6.15. The predicted octanol–water partition coefficient (Wildman–Crippen LogP) is 2.54. The van der Waals surface area contributed by atoms with E-state index in [1.165, 1.54) is 18.2 Å². The maximum atomic E-state index is 12.6. The Morgan fingerprint density at radius 3 is 2.85 bits per heavy atom. The van der Waals surface area contributed by atoms with Gasteiger partial charge in [-0.3, -0.25) is 0 Å². The minimum absolute atomic E-state index is 0.00420. The minimum Gasteiger partial charge on any atom is -0.387 e. The molecule has 0 aromatic heterocycles. The van der Waals surface area contributed by atoms with Crippen LogP contribution in [0, 0.1) is 17.1 Å². The first kappa shape index (κ1) is 10.2. The van der Waals surface area contributed by atoms with Crippen LogP contribution < -0.4 is 0 Å². The Hall–Kier alpha value is -0.920. The normalized spacial score (nSPS) is 12.2. The quantitative estimate of drug-likeness (QED) is 0.868. The summed E-state index contributed by atoms with van der Waals surface area (Å²) in [6, 6.07) is 5.81. The van der Waals surface area contributed by atoms with Gasteiger partial charge >= 0.3 is 0 Å². The lowest BCUT2D eigenvalue weighted by Crippen LogP contribution is -1.97. The summed E-state index contributed by atoms with van der Waals surface area (Å²) in [6.07, 6.45) is -0.857. The fourth-order valence-corrected chi connectivity index (χ4v) is 1.58. The maximum absolute atomic E-state index is 12.6. The van der Waals surface area contributed by atoms with E-state index in [0.717, 1.165) is 0 Å². The van der Waals surface area contributed by atoms with Crippen molar-refractivity contribution in [3.63, 3.8) is 0 Å². The van der Waals surface area contributed by atoms with Crippen LogP contribution in [-0.2, 0) is 0 Å². The molecule has 0 spiro atoms. The Morgan fingerprint density at radius 1 is 1.62 bits per heavy atom. The van der Waals surface area contributed by atoms with Gasteiger partial charge in [0.2, 0.25) is 0 Å². The van der Waals surface area contributed by atoms with Crippen LogP contribution in [0.15, 0.2) is 22.7 Å². The van der Waals surface area contributed by atoms with Gasteiger partial charge in [-0.25, -0.2) is 4.39 Å². The molecule has 13 heavy (non-hydrogen) atoms. The largest absolute Gasteiger partial charge is 0.387 e. The van der Waals surface area contributed by atoms with Crippen molar-refractivity contribution in [3.8, 4) is 6.07 Å². The molecule has 1 N–H and O–H groups in total. The Bertz CT molecular complexity index is 348. The van der Waals surface area contributed by atoms with Gasteiger partial charge in [0, 0.05) is 4.47 Å². The van der Waals surface area contributed by atoms with E-state index in [0.29, 0.717) is 10.0 Å². The number of hydrogen-bond donors (Lipinski definition) is 1. The fourth-order valence-electron chi connectivity index (χ4n) is 0.968. The standard InChI is InChI=1S/C9H7BrFNO/c10-8-5-6(11)1-2-7(8)9(13)3-4-12/h1-2,5,9,13H,3H2/t9-/m0/s1. The molecule has 0 aliphatic rings. The molecule has 1 atom stereocenters. The zero-order chi connectivity index (χ0) is 9.84. The zero-order valence-corrected chi connectivity index (χ0v) is 8.25. The number of aliphatic hydroxyl groups is 1. The summed E-state index contributed by atoms with van der Waals surface area (Å²) in [6.45, 7) is 0. The molecule has 1 rings (SSSR count). The molecule has 0 fully saturated rings. The smallest absolute Gasteiger partial charge is 0.124 e. The number of nitrogens with zero attached hydrogens (tertiary/aromatic N) is 1. The predicted molar refractivity (Wildman–Crippen MR) is 49.3 cm³/mol. The topological polar surface area (TPSA) is 44.0 Å². The van der Waals surface area contributed by atoms with Crippen LogP contribution in [0.3, 0.4) is 0 Å². The second-order valence-corrected chi connectivity index (χ2v) is 3.40. The molecule has 0 aliphatic heterocycles. The lowest BCUT2D eigenvalue weighted by Gasteiger charge is -2.08. The van der Waals surface area contributed by atoms with Crippen LogP contribution in [0.1, 0.15) is 18.1 Å². The van der Waals surface area contributed by atoms with E-state index in [4.69, 9.17) is 5.26 Å². The van der Waals surface area contributed by atoms with Gasteiger partial charge in [-0.05, 0) is 17.7 Å². The highest BCUT2D eigenvalue weighted by Crippen LogP contribution is 2.25. The van der Waals surface area contributed by atoms with E-state index in [1.807, 2.05) is 6.07 Å². The number of halogens is 2. The van der Waals surface area contributed by atoms with E-state index < -0.39 is 6.10 Å². The second kappa shape index (κ2) is 4.35. The molecule has 4 heteroatoms. The summed E-state index contributed by atoms with van der Waals surface area (Å²) in [5, 5.41) is 17.8. The van der Waals surface area contributed by atoms with E-state index in [2.05, 4.69) is 15.9 Å². The molecule has 0 radical (unpaired) electrons. The summed E-state index contributed by atoms with van der Waals surface area (Å²) in [4.78, 5) is 0. The third-order valence-corrected chi connectivity index (χ3v) is 2.29. The second-order valence-electron chi connectivity index (χ2n) is 2.54. The molecule has 0 heterocycles. The third kappa shape index (κ3) is 2.51. The molecular formula is C9H7BrFNO. The van der Waals surface area contributed by atoms with Crippen LogP contribution in [-0.4, -0.2) is 5.11 Å². The van der Waals surface area contributed by atoms with Crippen LogP contribution >= 0.6 is 15.9 Å². The zero-order valence-electron chi connectivity index (χ0n) is 6.67. The SMILES string of the molecule is N#CC[C@H](O)c1ccc(F)cc1Br. The van der Waals surface area contributed by atoms with Crippen LogP contribution in [0.4, 0.5) is 4.39 Å². The van der Waals surface area contributed by atoms with Crippen molar-refractivity contribution in [3.05, 3.63) is 34.1 Å². The van der Waals surface area contributed by atoms with Gasteiger partial charge in [0.05, 0.1) is 18.6 Å². The number of aliphatic hydroxyl groups excluding tert-OH is 1. The lowest BCUT2D eigenvalue weighted by molar-refractivity contribution is 0.182. The van der Waals surface area contributed by atoms with Crippen LogP contribution in [0.25, 0.3) is 0 Å². The Labute approximate surface area is 83.7 Å². The van der Waals surface area contributed by atoms with Gasteiger partial charge in [0.25, 0.3) is 0 Å². The van der Waals surface area contributed by atoms with Crippen molar-refractivity contribution >= 4 is 15.9 Å². The minimum atomic E-state index is -0.861. The van der Waals surface area contributed by atoms with Crippen molar-refractivity contribution in [1.82, 2.24) is 0 Å². The van der Waals surface area contributed by atoms with Crippen LogP contribution in [0.5, 0.6) is 0 Å². The van der Waals surface area contributed by atoms with Crippen molar-refractivity contribution < 1.29 is 9.50 Å². The van der Waals surface area contributed by atoms with Gasteiger partial charge in [0.15, 0.2) is 0 Å². The summed E-state index contributed by atoms with van der Waals surface area (Å²) in [5.74, 6) is -0.375. The highest BCUT2D eigenvalue weighted by atomic mass is 79.9. The third-order valence-electron chi connectivity index (χ3n) is 1.61. The van der Waals surface area contributed by atoms with Crippen molar-refractivity contribution in [2.24, 2.45) is 0 Å². The fraction of sp³-hybridized carbons (Fsp3) is 0.222. The Morgan fingerprint density at radius 2 is 2.31 bits per heavy atom. The first-order valence-corrected chi connectivity index (χ1v) is 4.44. The molecule has 1 aromatic carbocycles. The van der Waals surface area contributed by atoms with E-state index in [-0.39, 0.29) is 12.2 Å². The van der Waals surface area contributed by atoms with Gasteiger partial charge in [-0.2, -0.15) is 5.26 Å². The molecule has 0 amide bonds. The summed E-state index contributed by atoms with van der Waals surface area (Å²) < 4.78 is 13.1. The lowest BCUT2D eigenvalue weighted by atomic mass is 10.1. The average Bonchev–Trinajstić information content (AvgIpc) is 2.04. The van der Waals surface area contributed by atoms with E-state index in [1.54, 1.807) is 0 Å². The van der Waals surface area contributed by atoms with Crippen molar-refractivity contribution in [2.75, 3.05) is 0 Å². The maximum Gasteiger partial charge on any atom is 0.124 e. The first-order valence-electron chi connectivity index (χ1n) is 3.65. The molecule has 0 saturated carbocycles. The molecule has 68 valence electrons.